The fourth-order valence-corrected chi connectivity index (χ4v) is 9.51. The Morgan fingerprint density at radius 3 is 1.25 bits per heavy atom. The summed E-state index contributed by atoms with van der Waals surface area (Å²) < 4.78 is 18.4. The molecule has 0 bridgehead atoms. The first-order valence-electron chi connectivity index (χ1n) is 9.64. The van der Waals surface area contributed by atoms with E-state index >= 15 is 0 Å². The third-order valence-electron chi connectivity index (χ3n) is 3.71. The molecule has 0 aromatic carbocycles. The maximum atomic E-state index is 6.20. The van der Waals surface area contributed by atoms with E-state index in [2.05, 4.69) is 26.1 Å². The number of hydrogen-bond donors (Lipinski definition) is 1. The van der Waals surface area contributed by atoms with Crippen molar-refractivity contribution < 1.29 is 13.6 Å². The first-order chi connectivity index (χ1) is 11.8. The minimum atomic E-state index is -0.302. The van der Waals surface area contributed by atoms with Crippen LogP contribution >= 0.6 is 24.4 Å². The fourth-order valence-electron chi connectivity index (χ4n) is 2.36. The Bertz CT molecular complexity index is 266. The van der Waals surface area contributed by atoms with Crippen molar-refractivity contribution in [1.82, 2.24) is 5.32 Å². The molecule has 0 aliphatic carbocycles. The van der Waals surface area contributed by atoms with Gasteiger partial charge in [0.25, 0.3) is 0 Å². The molecule has 0 spiro atoms. The second-order valence-electron chi connectivity index (χ2n) is 6.04. The summed E-state index contributed by atoms with van der Waals surface area (Å²) in [5, 5.41) is 3.61. The maximum absolute atomic E-state index is 6.20. The SMILES string of the molecule is CCCOP1CCNCCP(OCCC)CCP(OCCC)CC1. The van der Waals surface area contributed by atoms with Gasteiger partial charge in [-0.3, -0.25) is 0 Å². The van der Waals surface area contributed by atoms with E-state index in [0.29, 0.717) is 0 Å². The van der Waals surface area contributed by atoms with Crippen LogP contribution in [0.15, 0.2) is 0 Å². The summed E-state index contributed by atoms with van der Waals surface area (Å²) in [5.41, 5.74) is 0. The van der Waals surface area contributed by atoms with Crippen LogP contribution in [-0.2, 0) is 13.6 Å². The predicted molar refractivity (Wildman–Crippen MR) is 112 cm³/mol. The molecule has 0 aromatic heterocycles. The third kappa shape index (κ3) is 11.7. The van der Waals surface area contributed by atoms with Gasteiger partial charge >= 0.3 is 0 Å². The molecular weight excluding hydrogens is 359 g/mol. The van der Waals surface area contributed by atoms with Gasteiger partial charge in [0.15, 0.2) is 0 Å². The average molecular weight is 397 g/mol. The van der Waals surface area contributed by atoms with Crippen molar-refractivity contribution in [1.29, 1.82) is 0 Å². The molecule has 1 heterocycles. The third-order valence-corrected chi connectivity index (χ3v) is 10.4. The second-order valence-corrected chi connectivity index (χ2v) is 12.4. The molecule has 1 saturated heterocycles. The zero-order chi connectivity index (χ0) is 17.5. The van der Waals surface area contributed by atoms with E-state index in [9.17, 15) is 0 Å². The summed E-state index contributed by atoms with van der Waals surface area (Å²) in [6, 6.07) is 0. The van der Waals surface area contributed by atoms with Crippen molar-refractivity contribution in [2.45, 2.75) is 40.0 Å². The van der Waals surface area contributed by atoms with Crippen LogP contribution in [0.2, 0.25) is 0 Å². The summed E-state index contributed by atoms with van der Waals surface area (Å²) in [4.78, 5) is 0. The van der Waals surface area contributed by atoms with Crippen LogP contribution in [0.4, 0.5) is 0 Å². The Morgan fingerprint density at radius 1 is 0.583 bits per heavy atom. The van der Waals surface area contributed by atoms with E-state index in [0.717, 1.165) is 52.2 Å². The van der Waals surface area contributed by atoms with Crippen LogP contribution in [-0.4, -0.2) is 69.9 Å². The van der Waals surface area contributed by atoms with Crippen molar-refractivity contribution in [3.63, 3.8) is 0 Å². The largest absolute Gasteiger partial charge is 0.359 e. The highest BCUT2D eigenvalue weighted by Gasteiger charge is 2.19. The van der Waals surface area contributed by atoms with E-state index in [-0.39, 0.29) is 24.4 Å². The topological polar surface area (TPSA) is 39.7 Å². The van der Waals surface area contributed by atoms with Gasteiger partial charge < -0.3 is 18.9 Å². The molecule has 1 N–H and O–H groups in total. The lowest BCUT2D eigenvalue weighted by molar-refractivity contribution is 0.344. The first kappa shape index (κ1) is 23.2. The van der Waals surface area contributed by atoms with E-state index in [1.807, 2.05) is 0 Å². The molecule has 24 heavy (non-hydrogen) atoms. The summed E-state index contributed by atoms with van der Waals surface area (Å²) in [6.07, 6.45) is 10.5. The quantitative estimate of drug-likeness (QED) is 0.552. The highest BCUT2D eigenvalue weighted by Crippen LogP contribution is 2.47. The Hall–Kier alpha value is 1.13. The minimum Gasteiger partial charge on any atom is -0.359 e. The van der Waals surface area contributed by atoms with Gasteiger partial charge in [-0.2, -0.15) is 0 Å². The lowest BCUT2D eigenvalue weighted by Crippen LogP contribution is -2.23. The molecule has 0 aromatic rings. The Kier molecular flexibility index (Phi) is 15.7. The Balaban J connectivity index is 2.53. The van der Waals surface area contributed by atoms with Crippen LogP contribution in [0.3, 0.4) is 0 Å². The van der Waals surface area contributed by atoms with Gasteiger partial charge in [0, 0.05) is 49.9 Å². The molecule has 1 aliphatic rings. The highest BCUT2D eigenvalue weighted by atomic mass is 31.2. The normalized spacial score (nSPS) is 27.4. The predicted octanol–water partition coefficient (Wildman–Crippen LogP) is 5.06. The molecule has 2 atom stereocenters. The van der Waals surface area contributed by atoms with Crippen molar-refractivity contribution in [2.24, 2.45) is 0 Å². The summed E-state index contributed by atoms with van der Waals surface area (Å²) >= 11 is 0. The fraction of sp³-hybridized carbons (Fsp3) is 1.00. The molecule has 1 aliphatic heterocycles. The highest BCUT2D eigenvalue weighted by molar-refractivity contribution is 7.58. The van der Waals surface area contributed by atoms with Crippen LogP contribution in [0, 0.1) is 0 Å². The average Bonchev–Trinajstić information content (AvgIpc) is 2.59. The number of rotatable bonds is 9. The molecule has 2 unspecified atom stereocenters. The van der Waals surface area contributed by atoms with Crippen LogP contribution in [0.5, 0.6) is 0 Å². The number of nitrogens with one attached hydrogen (secondary N) is 1. The van der Waals surface area contributed by atoms with Gasteiger partial charge in [0.05, 0.1) is 19.8 Å². The van der Waals surface area contributed by atoms with Crippen LogP contribution in [0.25, 0.3) is 0 Å². The molecule has 0 radical (unpaired) electrons. The monoisotopic (exact) mass is 397 g/mol. The summed E-state index contributed by atoms with van der Waals surface area (Å²) in [7, 11) is -0.872. The summed E-state index contributed by atoms with van der Waals surface area (Å²) in [6.45, 7) is 11.5. The van der Waals surface area contributed by atoms with Crippen LogP contribution < -0.4 is 5.32 Å². The standard InChI is InChI=1S/C17H38NO3P3/c1-4-9-19-22-12-7-18-8-13-23(20-10-5-2)15-17-24(16-14-22)21-11-6-3/h18H,4-17H2,1-3H3. The smallest absolute Gasteiger partial charge is 0.0506 e. The lowest BCUT2D eigenvalue weighted by atomic mass is 10.5. The van der Waals surface area contributed by atoms with Gasteiger partial charge in [-0.15, -0.1) is 0 Å². The number of hydrogen-bond acceptors (Lipinski definition) is 4. The molecule has 1 rings (SSSR count). The van der Waals surface area contributed by atoms with E-state index in [1.54, 1.807) is 0 Å². The van der Waals surface area contributed by atoms with Crippen LogP contribution in [0.1, 0.15) is 40.0 Å². The molecule has 0 amide bonds. The zero-order valence-electron chi connectivity index (χ0n) is 16.0. The van der Waals surface area contributed by atoms with Crippen molar-refractivity contribution >= 4 is 24.4 Å². The first-order valence-corrected chi connectivity index (χ1v) is 14.5. The summed E-state index contributed by atoms with van der Waals surface area (Å²) in [5.74, 6) is 0. The van der Waals surface area contributed by atoms with Gasteiger partial charge in [-0.1, -0.05) is 20.8 Å². The lowest BCUT2D eigenvalue weighted by Gasteiger charge is -2.25. The molecule has 4 nitrogen and oxygen atoms in total. The maximum Gasteiger partial charge on any atom is 0.0506 e. The molecule has 7 heteroatoms. The minimum absolute atomic E-state index is 0.285. The van der Waals surface area contributed by atoms with Crippen molar-refractivity contribution in [3.05, 3.63) is 0 Å². The van der Waals surface area contributed by atoms with Gasteiger partial charge in [0.1, 0.15) is 0 Å². The molecular formula is C17H38NO3P3. The van der Waals surface area contributed by atoms with E-state index in [4.69, 9.17) is 13.6 Å². The Morgan fingerprint density at radius 2 is 0.917 bits per heavy atom. The van der Waals surface area contributed by atoms with Gasteiger partial charge in [-0.25, -0.2) is 0 Å². The molecule has 0 saturated carbocycles. The molecule has 144 valence electrons. The van der Waals surface area contributed by atoms with Gasteiger partial charge in [0.2, 0.25) is 0 Å². The zero-order valence-corrected chi connectivity index (χ0v) is 18.6. The Labute approximate surface area is 153 Å². The van der Waals surface area contributed by atoms with Gasteiger partial charge in [-0.05, 0) is 43.9 Å². The van der Waals surface area contributed by atoms with E-state index in [1.165, 1.54) is 37.0 Å². The van der Waals surface area contributed by atoms with E-state index < -0.39 is 0 Å². The molecule has 1 fully saturated rings. The second kappa shape index (κ2) is 16.3. The van der Waals surface area contributed by atoms with Crippen molar-refractivity contribution in [2.75, 3.05) is 69.9 Å². The van der Waals surface area contributed by atoms with Crippen molar-refractivity contribution in [3.8, 4) is 0 Å².